The summed E-state index contributed by atoms with van der Waals surface area (Å²) in [5.74, 6) is -1.95. The topological polar surface area (TPSA) is 77.7 Å². The van der Waals surface area contributed by atoms with Crippen molar-refractivity contribution >= 4 is 21.5 Å². The van der Waals surface area contributed by atoms with Crippen molar-refractivity contribution in [1.82, 2.24) is 9.38 Å². The van der Waals surface area contributed by atoms with E-state index >= 15 is 0 Å². The second-order valence-corrected chi connectivity index (χ2v) is 6.13. The van der Waals surface area contributed by atoms with Gasteiger partial charge in [-0.3, -0.25) is 4.40 Å². The van der Waals surface area contributed by atoms with Crippen molar-refractivity contribution in [3.05, 3.63) is 29.8 Å². The lowest BCUT2D eigenvalue weighted by atomic mass is 10.4. The molecule has 0 aliphatic rings. The number of sulfone groups is 1. The van der Waals surface area contributed by atoms with Gasteiger partial charge in [-0.2, -0.15) is 4.39 Å². The first kappa shape index (κ1) is 14.4. The minimum Gasteiger partial charge on any atom is -0.461 e. The Bertz CT molecular complexity index is 767. The molecule has 0 atom stereocenters. The molecule has 0 radical (unpaired) electrons. The lowest BCUT2D eigenvalue weighted by Crippen LogP contribution is -2.15. The average Bonchev–Trinajstić information content (AvgIpc) is 2.80. The maximum atomic E-state index is 13.9. The van der Waals surface area contributed by atoms with Crippen LogP contribution >= 0.6 is 0 Å². The van der Waals surface area contributed by atoms with E-state index in [-0.39, 0.29) is 18.0 Å². The van der Waals surface area contributed by atoms with Crippen molar-refractivity contribution in [2.45, 2.75) is 18.9 Å². The fraction of sp³-hybridized carbons (Fsp3) is 0.333. The van der Waals surface area contributed by atoms with Crippen molar-refractivity contribution in [2.24, 2.45) is 0 Å². The van der Waals surface area contributed by atoms with Crippen LogP contribution in [0.3, 0.4) is 0 Å². The minimum absolute atomic E-state index is 0.0417. The van der Waals surface area contributed by atoms with Crippen molar-refractivity contribution < 1.29 is 22.3 Å². The first-order valence-corrected chi connectivity index (χ1v) is 7.64. The third kappa shape index (κ3) is 2.26. The lowest BCUT2D eigenvalue weighted by Gasteiger charge is -2.05. The van der Waals surface area contributed by atoms with Crippen LogP contribution < -0.4 is 0 Å². The minimum atomic E-state index is -3.77. The van der Waals surface area contributed by atoms with Crippen LogP contribution in [0.5, 0.6) is 0 Å². The molecule has 2 aromatic rings. The number of carbonyl (C=O) groups is 1. The summed E-state index contributed by atoms with van der Waals surface area (Å²) in [6.07, 6.45) is 0. The van der Waals surface area contributed by atoms with Gasteiger partial charge in [-0.15, -0.1) is 0 Å². The highest BCUT2D eigenvalue weighted by Crippen LogP contribution is 2.21. The summed E-state index contributed by atoms with van der Waals surface area (Å²) < 4.78 is 43.5. The predicted octanol–water partition coefficient (Wildman–Crippen LogP) is 1.44. The van der Waals surface area contributed by atoms with Crippen molar-refractivity contribution in [2.75, 3.05) is 12.4 Å². The monoisotopic (exact) mass is 300 g/mol. The Morgan fingerprint density at radius 3 is 2.70 bits per heavy atom. The zero-order valence-corrected chi connectivity index (χ0v) is 11.8. The van der Waals surface area contributed by atoms with Gasteiger partial charge in [0.2, 0.25) is 0 Å². The quantitative estimate of drug-likeness (QED) is 0.631. The Kier molecular flexibility index (Phi) is 3.76. The molecule has 0 N–H and O–H groups in total. The van der Waals surface area contributed by atoms with E-state index in [1.165, 1.54) is 19.1 Å². The molecule has 2 rings (SSSR count). The molecule has 0 saturated heterocycles. The van der Waals surface area contributed by atoms with E-state index in [0.29, 0.717) is 0 Å². The molecule has 0 aliphatic heterocycles. The van der Waals surface area contributed by atoms with E-state index < -0.39 is 32.5 Å². The highest BCUT2D eigenvalue weighted by molar-refractivity contribution is 7.91. The second kappa shape index (κ2) is 5.20. The molecule has 0 amide bonds. The SMILES string of the molecule is CCOC(=O)c1c(S(=O)(=O)CC)nc2cccc(F)n12. The Morgan fingerprint density at radius 2 is 2.10 bits per heavy atom. The first-order chi connectivity index (χ1) is 9.42. The van der Waals surface area contributed by atoms with E-state index in [2.05, 4.69) is 4.98 Å². The Labute approximate surface area is 115 Å². The normalized spacial score (nSPS) is 11.8. The third-order valence-corrected chi connectivity index (χ3v) is 4.34. The van der Waals surface area contributed by atoms with Gasteiger partial charge in [-0.1, -0.05) is 13.0 Å². The zero-order chi connectivity index (χ0) is 14.9. The number of hydrogen-bond donors (Lipinski definition) is 0. The first-order valence-electron chi connectivity index (χ1n) is 5.99. The number of carbonyl (C=O) groups excluding carboxylic acids is 1. The predicted molar refractivity (Wildman–Crippen MR) is 68.8 cm³/mol. The van der Waals surface area contributed by atoms with Gasteiger partial charge in [-0.25, -0.2) is 18.2 Å². The van der Waals surface area contributed by atoms with Crippen LogP contribution in [0.15, 0.2) is 23.2 Å². The van der Waals surface area contributed by atoms with Crippen LogP contribution in [0.4, 0.5) is 4.39 Å². The molecule has 0 aromatic carbocycles. The van der Waals surface area contributed by atoms with Gasteiger partial charge in [0.1, 0.15) is 5.65 Å². The fourth-order valence-electron chi connectivity index (χ4n) is 1.76. The van der Waals surface area contributed by atoms with E-state index in [0.717, 1.165) is 10.5 Å². The smallest absolute Gasteiger partial charge is 0.358 e. The number of aromatic nitrogens is 2. The van der Waals surface area contributed by atoms with E-state index in [1.807, 2.05) is 0 Å². The molecule has 20 heavy (non-hydrogen) atoms. The number of imidazole rings is 1. The summed E-state index contributed by atoms with van der Waals surface area (Å²) >= 11 is 0. The maximum absolute atomic E-state index is 13.9. The highest BCUT2D eigenvalue weighted by Gasteiger charge is 2.29. The van der Waals surface area contributed by atoms with Gasteiger partial charge in [0.05, 0.1) is 12.4 Å². The standard InChI is InChI=1S/C12H13FN2O4S/c1-3-19-12(16)10-11(20(17,18)4-2)14-9-7-5-6-8(13)15(9)10/h5-7H,3-4H2,1-2H3. The summed E-state index contributed by atoms with van der Waals surface area (Å²) in [4.78, 5) is 15.8. The van der Waals surface area contributed by atoms with Gasteiger partial charge >= 0.3 is 5.97 Å². The Hall–Kier alpha value is -1.96. The van der Waals surface area contributed by atoms with Crippen LogP contribution in [0.1, 0.15) is 24.3 Å². The molecule has 0 spiro atoms. The number of halogens is 1. The molecule has 0 unspecified atom stereocenters. The number of hydrogen-bond acceptors (Lipinski definition) is 5. The molecule has 2 aromatic heterocycles. The molecule has 0 fully saturated rings. The number of pyridine rings is 1. The van der Waals surface area contributed by atoms with Gasteiger partial charge in [0.15, 0.2) is 26.5 Å². The maximum Gasteiger partial charge on any atom is 0.358 e. The van der Waals surface area contributed by atoms with Crippen LogP contribution in [-0.2, 0) is 14.6 Å². The zero-order valence-electron chi connectivity index (χ0n) is 11.0. The van der Waals surface area contributed by atoms with Gasteiger partial charge in [0, 0.05) is 0 Å². The number of rotatable bonds is 4. The fourth-order valence-corrected chi connectivity index (χ4v) is 2.74. The highest BCUT2D eigenvalue weighted by atomic mass is 32.2. The van der Waals surface area contributed by atoms with Gasteiger partial charge < -0.3 is 4.74 Å². The van der Waals surface area contributed by atoms with Crippen LogP contribution in [0.2, 0.25) is 0 Å². The molecule has 6 nitrogen and oxygen atoms in total. The third-order valence-electron chi connectivity index (χ3n) is 2.71. The number of nitrogens with zero attached hydrogens (tertiary/aromatic N) is 2. The molecule has 2 heterocycles. The lowest BCUT2D eigenvalue weighted by molar-refractivity contribution is 0.0511. The molecule has 8 heteroatoms. The molecule has 0 aliphatic carbocycles. The largest absolute Gasteiger partial charge is 0.461 e. The van der Waals surface area contributed by atoms with Crippen LogP contribution in [0.25, 0.3) is 5.65 Å². The second-order valence-electron chi connectivity index (χ2n) is 3.93. The number of ether oxygens (including phenoxy) is 1. The molecular weight excluding hydrogens is 287 g/mol. The summed E-state index contributed by atoms with van der Waals surface area (Å²) in [5, 5.41) is -0.455. The average molecular weight is 300 g/mol. The van der Waals surface area contributed by atoms with E-state index in [1.54, 1.807) is 6.92 Å². The van der Waals surface area contributed by atoms with Crippen molar-refractivity contribution in [3.63, 3.8) is 0 Å². The summed E-state index contributed by atoms with van der Waals surface area (Å²) in [7, 11) is -3.77. The summed E-state index contributed by atoms with van der Waals surface area (Å²) in [5.41, 5.74) is -0.359. The molecule has 0 saturated carbocycles. The van der Waals surface area contributed by atoms with Crippen molar-refractivity contribution in [3.8, 4) is 0 Å². The van der Waals surface area contributed by atoms with E-state index in [4.69, 9.17) is 4.74 Å². The summed E-state index contributed by atoms with van der Waals surface area (Å²) in [6.45, 7) is 3.04. The van der Waals surface area contributed by atoms with E-state index in [9.17, 15) is 17.6 Å². The van der Waals surface area contributed by atoms with Gasteiger partial charge in [-0.05, 0) is 19.1 Å². The number of esters is 1. The Balaban J connectivity index is 2.85. The van der Waals surface area contributed by atoms with Crippen LogP contribution in [0, 0.1) is 5.95 Å². The van der Waals surface area contributed by atoms with Crippen molar-refractivity contribution in [1.29, 1.82) is 0 Å². The van der Waals surface area contributed by atoms with Gasteiger partial charge in [0.25, 0.3) is 0 Å². The number of fused-ring (bicyclic) bond motifs is 1. The Morgan fingerprint density at radius 1 is 1.40 bits per heavy atom. The van der Waals surface area contributed by atoms with Crippen LogP contribution in [-0.4, -0.2) is 36.1 Å². The summed E-state index contributed by atoms with van der Waals surface area (Å²) in [6, 6.07) is 3.91. The molecule has 108 valence electrons. The molecular formula is C12H13FN2O4S. The molecule has 0 bridgehead atoms.